The Morgan fingerprint density at radius 1 is 0.972 bits per heavy atom. The fraction of sp³-hybridized carbons (Fsp3) is 0.207. The van der Waals surface area contributed by atoms with Gasteiger partial charge in [-0.1, -0.05) is 48.9 Å². The van der Waals surface area contributed by atoms with Gasteiger partial charge in [0, 0.05) is 11.3 Å². The van der Waals surface area contributed by atoms with Crippen molar-refractivity contribution in [2.75, 3.05) is 18.6 Å². The predicted molar refractivity (Wildman–Crippen MR) is 136 cm³/mol. The average molecular weight is 486 g/mol. The molecule has 36 heavy (non-hydrogen) atoms. The molecule has 1 N–H and O–H groups in total. The molecule has 1 aliphatic heterocycles. The Hall–Kier alpha value is -4.39. The number of aryl methyl sites for hydroxylation is 1. The minimum atomic E-state index is -0.867. The highest BCUT2D eigenvalue weighted by Crippen LogP contribution is 2.42. The third kappa shape index (κ3) is 4.73. The lowest BCUT2D eigenvalue weighted by Crippen LogP contribution is -2.29. The summed E-state index contributed by atoms with van der Waals surface area (Å²) in [5.74, 6) is -1.81. The van der Waals surface area contributed by atoms with Gasteiger partial charge >= 0.3 is 5.97 Å². The standard InChI is InChI=1S/C29H27NO6/c1-4-15-36-29(34)19-11-13-22(14-12-19)30-25(20-8-5-7-18(2)16-20)24(27(32)28(30)33)26(31)21-9-6-10-23(17-21)35-3/h5-14,16-17,25,31H,4,15H2,1-3H3/b26-24+. The van der Waals surface area contributed by atoms with E-state index >= 15 is 0 Å². The highest BCUT2D eigenvalue weighted by molar-refractivity contribution is 6.51. The summed E-state index contributed by atoms with van der Waals surface area (Å²) in [6.07, 6.45) is 0.707. The Labute approximate surface area is 209 Å². The van der Waals surface area contributed by atoms with Crippen LogP contribution in [0.1, 0.15) is 46.4 Å². The Kier molecular flexibility index (Phi) is 7.20. The van der Waals surface area contributed by atoms with Crippen LogP contribution in [0.15, 0.2) is 78.4 Å². The SMILES string of the molecule is CCCOC(=O)c1ccc(N2C(=O)C(=O)/C(=C(/O)c3cccc(OC)c3)C2c2cccc(C)c2)cc1. The van der Waals surface area contributed by atoms with Gasteiger partial charge in [0.1, 0.15) is 11.5 Å². The van der Waals surface area contributed by atoms with Crippen LogP contribution in [0.25, 0.3) is 5.76 Å². The number of carbonyl (C=O) groups is 3. The van der Waals surface area contributed by atoms with Crippen molar-refractivity contribution >= 4 is 29.1 Å². The minimum absolute atomic E-state index is 0.0229. The summed E-state index contributed by atoms with van der Waals surface area (Å²) in [6.45, 7) is 4.13. The van der Waals surface area contributed by atoms with Crippen molar-refractivity contribution in [3.8, 4) is 5.75 Å². The number of methoxy groups -OCH3 is 1. The number of hydrogen-bond donors (Lipinski definition) is 1. The van der Waals surface area contributed by atoms with Crippen molar-refractivity contribution in [3.05, 3.63) is 101 Å². The first-order chi connectivity index (χ1) is 17.3. The third-order valence-corrected chi connectivity index (χ3v) is 5.96. The van der Waals surface area contributed by atoms with Crippen molar-refractivity contribution in [3.63, 3.8) is 0 Å². The number of rotatable bonds is 7. The van der Waals surface area contributed by atoms with Gasteiger partial charge in [0.15, 0.2) is 0 Å². The normalized spacial score (nSPS) is 16.8. The van der Waals surface area contributed by atoms with Crippen LogP contribution < -0.4 is 9.64 Å². The maximum atomic E-state index is 13.3. The van der Waals surface area contributed by atoms with E-state index in [-0.39, 0.29) is 11.3 Å². The largest absolute Gasteiger partial charge is 0.507 e. The molecule has 1 saturated heterocycles. The molecule has 0 aromatic heterocycles. The zero-order valence-electron chi connectivity index (χ0n) is 20.4. The van der Waals surface area contributed by atoms with E-state index in [0.717, 1.165) is 5.56 Å². The number of anilines is 1. The highest BCUT2D eigenvalue weighted by Gasteiger charge is 2.47. The molecule has 3 aromatic rings. The average Bonchev–Trinajstić information content (AvgIpc) is 3.17. The number of carbonyl (C=O) groups excluding carboxylic acids is 3. The summed E-state index contributed by atoms with van der Waals surface area (Å²) in [5.41, 5.74) is 2.70. The predicted octanol–water partition coefficient (Wildman–Crippen LogP) is 5.20. The maximum Gasteiger partial charge on any atom is 0.338 e. The lowest BCUT2D eigenvalue weighted by Gasteiger charge is -2.26. The van der Waals surface area contributed by atoms with Crippen LogP contribution in [0.2, 0.25) is 0 Å². The molecule has 7 nitrogen and oxygen atoms in total. The summed E-state index contributed by atoms with van der Waals surface area (Å²) in [5, 5.41) is 11.3. The van der Waals surface area contributed by atoms with Gasteiger partial charge < -0.3 is 14.6 Å². The molecule has 0 saturated carbocycles. The van der Waals surface area contributed by atoms with Gasteiger partial charge in [-0.3, -0.25) is 14.5 Å². The lowest BCUT2D eigenvalue weighted by atomic mass is 9.94. The first-order valence-electron chi connectivity index (χ1n) is 11.6. The van der Waals surface area contributed by atoms with Crippen LogP contribution in [0.5, 0.6) is 5.75 Å². The second-order valence-electron chi connectivity index (χ2n) is 8.50. The molecular formula is C29H27NO6. The van der Waals surface area contributed by atoms with Gasteiger partial charge in [-0.15, -0.1) is 0 Å². The fourth-order valence-electron chi connectivity index (χ4n) is 4.22. The zero-order chi connectivity index (χ0) is 25.8. The molecule has 0 aliphatic carbocycles. The number of aliphatic hydroxyl groups is 1. The molecule has 3 aromatic carbocycles. The van der Waals surface area contributed by atoms with Crippen LogP contribution in [-0.4, -0.2) is 36.5 Å². The first kappa shape index (κ1) is 24.7. The molecule has 0 bridgehead atoms. The van der Waals surface area contributed by atoms with Crippen LogP contribution in [0, 0.1) is 6.92 Å². The van der Waals surface area contributed by atoms with Gasteiger partial charge in [-0.05, 0) is 55.3 Å². The highest BCUT2D eigenvalue weighted by atomic mass is 16.5. The summed E-state index contributed by atoms with van der Waals surface area (Å²) in [6, 6.07) is 19.6. The second-order valence-corrected chi connectivity index (χ2v) is 8.50. The number of Topliss-reactive ketones (excluding diaryl/α,β-unsaturated/α-hetero) is 1. The molecule has 7 heteroatoms. The molecule has 1 heterocycles. The van der Waals surface area contributed by atoms with Gasteiger partial charge in [0.05, 0.1) is 30.9 Å². The number of amides is 1. The van der Waals surface area contributed by atoms with E-state index < -0.39 is 23.7 Å². The van der Waals surface area contributed by atoms with Crippen molar-refractivity contribution < 1.29 is 29.0 Å². The molecule has 0 spiro atoms. The van der Waals surface area contributed by atoms with Gasteiger partial charge in [-0.2, -0.15) is 0 Å². The maximum absolute atomic E-state index is 13.3. The van der Waals surface area contributed by atoms with E-state index in [4.69, 9.17) is 9.47 Å². The Morgan fingerprint density at radius 3 is 2.36 bits per heavy atom. The van der Waals surface area contributed by atoms with E-state index in [1.54, 1.807) is 48.5 Å². The second kappa shape index (κ2) is 10.5. The number of ketones is 1. The molecule has 184 valence electrons. The smallest absolute Gasteiger partial charge is 0.338 e. The van der Waals surface area contributed by atoms with E-state index in [1.165, 1.54) is 12.0 Å². The summed E-state index contributed by atoms with van der Waals surface area (Å²) >= 11 is 0. The molecular weight excluding hydrogens is 458 g/mol. The molecule has 1 atom stereocenters. The van der Waals surface area contributed by atoms with Crippen molar-refractivity contribution in [2.24, 2.45) is 0 Å². The third-order valence-electron chi connectivity index (χ3n) is 5.96. The van der Waals surface area contributed by atoms with Crippen LogP contribution in [0.4, 0.5) is 5.69 Å². The lowest BCUT2D eigenvalue weighted by molar-refractivity contribution is -0.132. The zero-order valence-corrected chi connectivity index (χ0v) is 20.4. The Morgan fingerprint density at radius 2 is 1.69 bits per heavy atom. The number of aliphatic hydroxyl groups excluding tert-OH is 1. The summed E-state index contributed by atoms with van der Waals surface area (Å²) in [4.78, 5) is 40.2. The number of nitrogens with zero attached hydrogens (tertiary/aromatic N) is 1. The van der Waals surface area contributed by atoms with E-state index in [2.05, 4.69) is 0 Å². The van der Waals surface area contributed by atoms with Crippen molar-refractivity contribution in [2.45, 2.75) is 26.3 Å². The fourth-order valence-corrected chi connectivity index (χ4v) is 4.22. The first-order valence-corrected chi connectivity index (χ1v) is 11.6. The van der Waals surface area contributed by atoms with Crippen LogP contribution >= 0.6 is 0 Å². The molecule has 1 unspecified atom stereocenters. The van der Waals surface area contributed by atoms with Crippen molar-refractivity contribution in [1.29, 1.82) is 0 Å². The molecule has 0 radical (unpaired) electrons. The molecule has 1 fully saturated rings. The van der Waals surface area contributed by atoms with E-state index in [9.17, 15) is 19.5 Å². The summed E-state index contributed by atoms with van der Waals surface area (Å²) < 4.78 is 10.4. The van der Waals surface area contributed by atoms with Crippen molar-refractivity contribution in [1.82, 2.24) is 0 Å². The number of ether oxygens (including phenoxy) is 2. The van der Waals surface area contributed by atoms with E-state index in [1.807, 2.05) is 38.1 Å². The van der Waals surface area contributed by atoms with E-state index in [0.29, 0.717) is 41.2 Å². The topological polar surface area (TPSA) is 93.1 Å². The van der Waals surface area contributed by atoms with Crippen LogP contribution in [-0.2, 0) is 14.3 Å². The molecule has 4 rings (SSSR count). The number of hydrogen-bond acceptors (Lipinski definition) is 6. The molecule has 1 amide bonds. The van der Waals surface area contributed by atoms with Gasteiger partial charge in [-0.25, -0.2) is 4.79 Å². The monoisotopic (exact) mass is 485 g/mol. The minimum Gasteiger partial charge on any atom is -0.507 e. The van der Waals surface area contributed by atoms with Gasteiger partial charge in [0.2, 0.25) is 0 Å². The quantitative estimate of drug-likeness (QED) is 0.214. The molecule has 1 aliphatic rings. The number of benzene rings is 3. The van der Waals surface area contributed by atoms with Crippen LogP contribution in [0.3, 0.4) is 0 Å². The van der Waals surface area contributed by atoms with Gasteiger partial charge in [0.25, 0.3) is 11.7 Å². The summed E-state index contributed by atoms with van der Waals surface area (Å²) in [7, 11) is 1.51. The Balaban J connectivity index is 1.84. The Bertz CT molecular complexity index is 1340. The number of esters is 1.